The molecule has 0 amide bonds. The normalized spacial score (nSPS) is 11.3. The maximum Gasteiger partial charge on any atom is 0.151 e. The third-order valence-electron chi connectivity index (χ3n) is 2.61. The molecule has 98 valence electrons. The Balaban J connectivity index is 1.88. The van der Waals surface area contributed by atoms with Crippen LogP contribution in [0.2, 0.25) is 0 Å². The number of rotatable bonds is 6. The summed E-state index contributed by atoms with van der Waals surface area (Å²) in [5.41, 5.74) is 0.926. The molecule has 1 N–H and O–H groups in total. The van der Waals surface area contributed by atoms with E-state index in [0.29, 0.717) is 0 Å². The van der Waals surface area contributed by atoms with Gasteiger partial charge in [-0.1, -0.05) is 5.16 Å². The van der Waals surface area contributed by atoms with Gasteiger partial charge in [-0.2, -0.15) is 0 Å². The average molecular weight is 249 g/mol. The molecule has 0 aromatic carbocycles. The number of nitrogens with one attached hydrogen (secondary N) is 1. The van der Waals surface area contributed by atoms with E-state index in [1.165, 1.54) is 0 Å². The SMILES string of the molecule is CNCc1cc(CN(C)Cc2ccc(C)o2)on1. The highest BCUT2D eigenvalue weighted by atomic mass is 16.5. The van der Waals surface area contributed by atoms with Gasteiger partial charge in [-0.15, -0.1) is 0 Å². The second-order valence-electron chi connectivity index (χ2n) is 4.50. The molecule has 0 atom stereocenters. The van der Waals surface area contributed by atoms with Gasteiger partial charge in [-0.05, 0) is 33.2 Å². The summed E-state index contributed by atoms with van der Waals surface area (Å²) in [6.45, 7) is 4.15. The fourth-order valence-corrected chi connectivity index (χ4v) is 1.85. The lowest BCUT2D eigenvalue weighted by molar-refractivity contribution is 0.247. The Labute approximate surface area is 107 Å². The van der Waals surface area contributed by atoms with E-state index < -0.39 is 0 Å². The van der Waals surface area contributed by atoms with Crippen molar-refractivity contribution in [2.24, 2.45) is 0 Å². The van der Waals surface area contributed by atoms with Crippen LogP contribution in [0.1, 0.15) is 23.0 Å². The fourth-order valence-electron chi connectivity index (χ4n) is 1.85. The van der Waals surface area contributed by atoms with E-state index in [0.717, 1.165) is 42.6 Å². The minimum absolute atomic E-state index is 0.719. The van der Waals surface area contributed by atoms with Crippen molar-refractivity contribution < 1.29 is 8.94 Å². The second-order valence-corrected chi connectivity index (χ2v) is 4.50. The third kappa shape index (κ3) is 3.45. The molecule has 0 saturated heterocycles. The van der Waals surface area contributed by atoms with Crippen molar-refractivity contribution in [3.05, 3.63) is 41.2 Å². The van der Waals surface area contributed by atoms with Gasteiger partial charge in [0.05, 0.1) is 18.8 Å². The lowest BCUT2D eigenvalue weighted by Gasteiger charge is -2.12. The maximum atomic E-state index is 5.54. The zero-order valence-electron chi connectivity index (χ0n) is 11.1. The molecule has 2 aromatic rings. The van der Waals surface area contributed by atoms with Crippen molar-refractivity contribution in [3.8, 4) is 0 Å². The van der Waals surface area contributed by atoms with Gasteiger partial charge >= 0.3 is 0 Å². The first-order valence-electron chi connectivity index (χ1n) is 6.00. The van der Waals surface area contributed by atoms with Crippen LogP contribution in [0, 0.1) is 6.92 Å². The van der Waals surface area contributed by atoms with Crippen LogP contribution in [0.4, 0.5) is 0 Å². The van der Waals surface area contributed by atoms with Crippen molar-refractivity contribution >= 4 is 0 Å². The number of furan rings is 1. The lowest BCUT2D eigenvalue weighted by Crippen LogP contribution is -2.16. The largest absolute Gasteiger partial charge is 0.465 e. The maximum absolute atomic E-state index is 5.54. The van der Waals surface area contributed by atoms with Crippen molar-refractivity contribution in [2.75, 3.05) is 14.1 Å². The molecule has 5 heteroatoms. The van der Waals surface area contributed by atoms with Crippen LogP contribution >= 0.6 is 0 Å². The summed E-state index contributed by atoms with van der Waals surface area (Å²) in [6.07, 6.45) is 0. The first-order chi connectivity index (χ1) is 8.67. The molecule has 5 nitrogen and oxygen atoms in total. The molecule has 0 bridgehead atoms. The van der Waals surface area contributed by atoms with Crippen LogP contribution < -0.4 is 5.32 Å². The number of hydrogen-bond acceptors (Lipinski definition) is 5. The van der Waals surface area contributed by atoms with Crippen LogP contribution in [0.5, 0.6) is 0 Å². The first kappa shape index (κ1) is 12.9. The van der Waals surface area contributed by atoms with Gasteiger partial charge in [0, 0.05) is 12.6 Å². The Morgan fingerprint density at radius 1 is 1.28 bits per heavy atom. The van der Waals surface area contributed by atoms with Gasteiger partial charge in [0.25, 0.3) is 0 Å². The molecule has 0 aliphatic carbocycles. The monoisotopic (exact) mass is 249 g/mol. The molecule has 0 aliphatic rings. The summed E-state index contributed by atoms with van der Waals surface area (Å²) in [6, 6.07) is 5.95. The van der Waals surface area contributed by atoms with E-state index in [-0.39, 0.29) is 0 Å². The quantitative estimate of drug-likeness (QED) is 0.847. The van der Waals surface area contributed by atoms with Crippen molar-refractivity contribution in [1.82, 2.24) is 15.4 Å². The van der Waals surface area contributed by atoms with Gasteiger partial charge in [-0.3, -0.25) is 4.90 Å². The minimum atomic E-state index is 0.719. The number of aromatic nitrogens is 1. The predicted molar refractivity (Wildman–Crippen MR) is 67.9 cm³/mol. The van der Waals surface area contributed by atoms with Crippen molar-refractivity contribution in [3.63, 3.8) is 0 Å². The summed E-state index contributed by atoms with van der Waals surface area (Å²) in [7, 11) is 3.91. The number of hydrogen-bond donors (Lipinski definition) is 1. The fraction of sp³-hybridized carbons (Fsp3) is 0.462. The summed E-state index contributed by atoms with van der Waals surface area (Å²) in [4.78, 5) is 2.13. The standard InChI is InChI=1S/C13H19N3O2/c1-10-4-5-12(17-10)8-16(3)9-13-6-11(7-14-2)15-18-13/h4-6,14H,7-9H2,1-3H3. The smallest absolute Gasteiger partial charge is 0.151 e. The zero-order chi connectivity index (χ0) is 13.0. The number of aryl methyl sites for hydroxylation is 1. The van der Waals surface area contributed by atoms with Gasteiger partial charge in [-0.25, -0.2) is 0 Å². The third-order valence-corrected chi connectivity index (χ3v) is 2.61. The topological polar surface area (TPSA) is 54.4 Å². The highest BCUT2D eigenvalue weighted by Crippen LogP contribution is 2.11. The van der Waals surface area contributed by atoms with Crippen LogP contribution in [0.3, 0.4) is 0 Å². The van der Waals surface area contributed by atoms with Crippen LogP contribution in [0.25, 0.3) is 0 Å². The molecule has 0 saturated carbocycles. The van der Waals surface area contributed by atoms with E-state index in [4.69, 9.17) is 8.94 Å². The second kappa shape index (κ2) is 5.84. The van der Waals surface area contributed by atoms with Crippen LogP contribution in [-0.4, -0.2) is 24.2 Å². The number of nitrogens with zero attached hydrogens (tertiary/aromatic N) is 2. The van der Waals surface area contributed by atoms with Gasteiger partial charge in [0.1, 0.15) is 11.5 Å². The summed E-state index contributed by atoms with van der Waals surface area (Å²) < 4.78 is 10.8. The molecule has 0 aliphatic heterocycles. The van der Waals surface area contributed by atoms with E-state index >= 15 is 0 Å². The van der Waals surface area contributed by atoms with E-state index in [1.807, 2.05) is 39.2 Å². The molecular formula is C13H19N3O2. The molecule has 2 rings (SSSR count). The van der Waals surface area contributed by atoms with E-state index in [9.17, 15) is 0 Å². The van der Waals surface area contributed by atoms with Gasteiger partial charge in [0.15, 0.2) is 5.76 Å². The molecule has 2 aromatic heterocycles. The lowest BCUT2D eigenvalue weighted by atomic mass is 10.3. The Morgan fingerprint density at radius 2 is 2.06 bits per heavy atom. The highest BCUT2D eigenvalue weighted by Gasteiger charge is 2.09. The molecular weight excluding hydrogens is 230 g/mol. The van der Waals surface area contributed by atoms with Crippen molar-refractivity contribution in [2.45, 2.75) is 26.6 Å². The van der Waals surface area contributed by atoms with Crippen LogP contribution in [0.15, 0.2) is 27.1 Å². The first-order valence-corrected chi connectivity index (χ1v) is 6.00. The molecule has 0 radical (unpaired) electrons. The molecule has 0 fully saturated rings. The Morgan fingerprint density at radius 3 is 2.72 bits per heavy atom. The predicted octanol–water partition coefficient (Wildman–Crippen LogP) is 1.93. The Hall–Kier alpha value is -1.59. The van der Waals surface area contributed by atoms with Crippen LogP contribution in [-0.2, 0) is 19.6 Å². The Kier molecular flexibility index (Phi) is 4.17. The molecule has 0 unspecified atom stereocenters. The molecule has 0 spiro atoms. The van der Waals surface area contributed by atoms with Crippen molar-refractivity contribution in [1.29, 1.82) is 0 Å². The average Bonchev–Trinajstić information content (AvgIpc) is 2.89. The molecule has 2 heterocycles. The highest BCUT2D eigenvalue weighted by molar-refractivity contribution is 5.07. The van der Waals surface area contributed by atoms with Gasteiger partial charge in [0.2, 0.25) is 0 Å². The molecule has 18 heavy (non-hydrogen) atoms. The van der Waals surface area contributed by atoms with Gasteiger partial charge < -0.3 is 14.3 Å². The van der Waals surface area contributed by atoms with E-state index in [1.54, 1.807) is 0 Å². The zero-order valence-corrected chi connectivity index (χ0v) is 11.1. The Bertz CT molecular complexity index is 490. The summed E-state index contributed by atoms with van der Waals surface area (Å²) in [5.74, 6) is 2.77. The minimum Gasteiger partial charge on any atom is -0.465 e. The van der Waals surface area contributed by atoms with E-state index in [2.05, 4.69) is 15.4 Å². The summed E-state index contributed by atoms with van der Waals surface area (Å²) in [5, 5.41) is 7.02. The summed E-state index contributed by atoms with van der Waals surface area (Å²) >= 11 is 0.